The predicted molar refractivity (Wildman–Crippen MR) is 69.7 cm³/mol. The third-order valence-electron chi connectivity index (χ3n) is 2.32. The molecule has 2 rings (SSSR count). The Morgan fingerprint density at radius 2 is 2.29 bits per heavy atom. The van der Waals surface area contributed by atoms with Gasteiger partial charge in [-0.05, 0) is 6.92 Å². The lowest BCUT2D eigenvalue weighted by Crippen LogP contribution is -1.83. The topological polar surface area (TPSA) is 50.9 Å². The number of allylic oxidation sites excluding steroid dienone is 3. The van der Waals surface area contributed by atoms with Gasteiger partial charge in [0.05, 0.1) is 16.8 Å². The molecule has 4 nitrogen and oxygen atoms in total. The Balaban J connectivity index is 2.40. The molecule has 0 radical (unpaired) electrons. The van der Waals surface area contributed by atoms with Gasteiger partial charge >= 0.3 is 0 Å². The average molecular weight is 247 g/mol. The smallest absolute Gasteiger partial charge is 0.127 e. The van der Waals surface area contributed by atoms with Crippen molar-refractivity contribution in [3.63, 3.8) is 0 Å². The molecule has 0 bridgehead atoms. The first-order chi connectivity index (χ1) is 8.11. The van der Waals surface area contributed by atoms with Crippen LogP contribution in [0.15, 0.2) is 37.0 Å². The van der Waals surface area contributed by atoms with E-state index in [9.17, 15) is 5.11 Å². The van der Waals surface area contributed by atoms with Crippen molar-refractivity contribution in [2.45, 2.75) is 6.92 Å². The van der Waals surface area contributed by atoms with Crippen LogP contribution < -0.4 is 0 Å². The van der Waals surface area contributed by atoms with Gasteiger partial charge in [-0.1, -0.05) is 12.7 Å². The summed E-state index contributed by atoms with van der Waals surface area (Å²) < 4.78 is 1.75. The van der Waals surface area contributed by atoms with E-state index in [2.05, 4.69) is 16.7 Å². The molecule has 1 N–H and O–H groups in total. The third kappa shape index (κ3) is 2.29. The predicted octanol–water partition coefficient (Wildman–Crippen LogP) is 3.02. The quantitative estimate of drug-likeness (QED) is 0.670. The van der Waals surface area contributed by atoms with Gasteiger partial charge in [0.2, 0.25) is 0 Å². The van der Waals surface area contributed by atoms with Gasteiger partial charge in [0.25, 0.3) is 0 Å². The summed E-state index contributed by atoms with van der Waals surface area (Å²) in [5.41, 5.74) is 1.69. The SMILES string of the molecule is C=CC(=C(C)O)c1ncc(-c2cnn(C)c2)s1. The molecule has 0 aliphatic rings. The van der Waals surface area contributed by atoms with Crippen molar-refractivity contribution in [1.29, 1.82) is 0 Å². The first kappa shape index (κ1) is 11.6. The summed E-state index contributed by atoms with van der Waals surface area (Å²) in [6.07, 6.45) is 7.12. The molecule has 17 heavy (non-hydrogen) atoms. The summed E-state index contributed by atoms with van der Waals surface area (Å²) in [4.78, 5) is 5.31. The highest BCUT2D eigenvalue weighted by Gasteiger charge is 2.10. The van der Waals surface area contributed by atoms with Crippen LogP contribution in [0.5, 0.6) is 0 Å². The van der Waals surface area contributed by atoms with E-state index in [0.717, 1.165) is 15.4 Å². The van der Waals surface area contributed by atoms with Crippen LogP contribution >= 0.6 is 11.3 Å². The zero-order valence-corrected chi connectivity index (χ0v) is 10.5. The Hall–Kier alpha value is -1.88. The van der Waals surface area contributed by atoms with Crippen LogP contribution in [0.2, 0.25) is 0 Å². The Morgan fingerprint density at radius 3 is 2.82 bits per heavy atom. The van der Waals surface area contributed by atoms with Crippen molar-refractivity contribution in [3.8, 4) is 10.4 Å². The molecule has 0 atom stereocenters. The first-order valence-electron chi connectivity index (χ1n) is 5.09. The number of rotatable bonds is 3. The maximum atomic E-state index is 9.51. The van der Waals surface area contributed by atoms with E-state index in [1.54, 1.807) is 30.1 Å². The molecule has 0 spiro atoms. The lowest BCUT2D eigenvalue weighted by molar-refractivity contribution is 0.417. The first-order valence-corrected chi connectivity index (χ1v) is 5.91. The zero-order valence-electron chi connectivity index (χ0n) is 9.71. The van der Waals surface area contributed by atoms with Gasteiger partial charge in [0.1, 0.15) is 5.01 Å². The fourth-order valence-electron chi connectivity index (χ4n) is 1.47. The van der Waals surface area contributed by atoms with Crippen molar-refractivity contribution in [1.82, 2.24) is 14.8 Å². The minimum Gasteiger partial charge on any atom is -0.512 e. The standard InChI is InChI=1S/C12H13N3OS/c1-4-10(8(2)16)12-13-6-11(17-12)9-5-14-15(3)7-9/h4-7,16H,1H2,2-3H3. The van der Waals surface area contributed by atoms with Gasteiger partial charge in [0, 0.05) is 30.6 Å². The molecule has 0 fully saturated rings. The van der Waals surface area contributed by atoms with Crippen molar-refractivity contribution < 1.29 is 5.11 Å². The Kier molecular flexibility index (Phi) is 3.10. The normalized spacial score (nSPS) is 12.4. The second-order valence-electron chi connectivity index (χ2n) is 3.64. The minimum absolute atomic E-state index is 0.229. The molecule has 0 aliphatic carbocycles. The monoisotopic (exact) mass is 247 g/mol. The molecule has 88 valence electrons. The second kappa shape index (κ2) is 4.55. The molecule has 0 amide bonds. The molecule has 0 aromatic carbocycles. The number of aliphatic hydroxyl groups excluding tert-OH is 1. The molecular weight excluding hydrogens is 234 g/mol. The molecule has 2 aromatic rings. The van der Waals surface area contributed by atoms with E-state index in [4.69, 9.17) is 0 Å². The number of aryl methyl sites for hydroxylation is 1. The molecule has 0 saturated heterocycles. The second-order valence-corrected chi connectivity index (χ2v) is 4.67. The van der Waals surface area contributed by atoms with Gasteiger partial charge in [-0.3, -0.25) is 4.68 Å². The van der Waals surface area contributed by atoms with Crippen LogP contribution in [0.4, 0.5) is 0 Å². The maximum Gasteiger partial charge on any atom is 0.127 e. The number of nitrogens with zero attached hydrogens (tertiary/aromatic N) is 3. The van der Waals surface area contributed by atoms with Gasteiger partial charge in [0.15, 0.2) is 0 Å². The number of aliphatic hydroxyl groups is 1. The molecule has 2 aromatic heterocycles. The minimum atomic E-state index is 0.229. The number of hydrogen-bond donors (Lipinski definition) is 1. The molecule has 5 heteroatoms. The van der Waals surface area contributed by atoms with Crippen LogP contribution in [0.3, 0.4) is 0 Å². The highest BCUT2D eigenvalue weighted by molar-refractivity contribution is 7.16. The van der Waals surface area contributed by atoms with Crippen molar-refractivity contribution >= 4 is 16.9 Å². The van der Waals surface area contributed by atoms with Crippen molar-refractivity contribution in [2.75, 3.05) is 0 Å². The van der Waals surface area contributed by atoms with Crippen molar-refractivity contribution in [3.05, 3.63) is 42.0 Å². The summed E-state index contributed by atoms with van der Waals surface area (Å²) in [6, 6.07) is 0. The number of aromatic nitrogens is 3. The largest absolute Gasteiger partial charge is 0.512 e. The summed E-state index contributed by atoms with van der Waals surface area (Å²) in [6.45, 7) is 5.30. The molecule has 0 unspecified atom stereocenters. The Labute approximate surface area is 104 Å². The zero-order chi connectivity index (χ0) is 12.4. The van der Waals surface area contributed by atoms with E-state index in [0.29, 0.717) is 5.57 Å². The van der Waals surface area contributed by atoms with E-state index in [1.165, 1.54) is 11.3 Å². The highest BCUT2D eigenvalue weighted by Crippen LogP contribution is 2.30. The number of thiazole rings is 1. The van der Waals surface area contributed by atoms with Gasteiger partial charge in [-0.2, -0.15) is 5.10 Å². The average Bonchev–Trinajstić information content (AvgIpc) is 2.87. The van der Waals surface area contributed by atoms with Crippen molar-refractivity contribution in [2.24, 2.45) is 7.05 Å². The van der Waals surface area contributed by atoms with E-state index < -0.39 is 0 Å². The lowest BCUT2D eigenvalue weighted by Gasteiger charge is -1.97. The van der Waals surface area contributed by atoms with Crippen LogP contribution in [0, 0.1) is 0 Å². The summed E-state index contributed by atoms with van der Waals surface area (Å²) in [7, 11) is 1.87. The fraction of sp³-hybridized carbons (Fsp3) is 0.167. The molecule has 0 saturated carbocycles. The molecule has 0 aliphatic heterocycles. The Bertz CT molecular complexity index is 576. The van der Waals surface area contributed by atoms with E-state index in [1.807, 2.05) is 13.2 Å². The fourth-order valence-corrected chi connectivity index (χ4v) is 2.45. The summed E-state index contributed by atoms with van der Waals surface area (Å²) in [5.74, 6) is 0.229. The molecule has 2 heterocycles. The summed E-state index contributed by atoms with van der Waals surface area (Å²) >= 11 is 1.51. The van der Waals surface area contributed by atoms with Crippen LogP contribution in [-0.2, 0) is 7.05 Å². The third-order valence-corrected chi connectivity index (χ3v) is 3.40. The summed E-state index contributed by atoms with van der Waals surface area (Å²) in [5, 5.41) is 14.4. The maximum absolute atomic E-state index is 9.51. The van der Waals surface area contributed by atoms with Crippen LogP contribution in [0.25, 0.3) is 16.0 Å². The van der Waals surface area contributed by atoms with Crippen LogP contribution in [0.1, 0.15) is 11.9 Å². The lowest BCUT2D eigenvalue weighted by atomic mass is 10.2. The van der Waals surface area contributed by atoms with Crippen LogP contribution in [-0.4, -0.2) is 19.9 Å². The Morgan fingerprint density at radius 1 is 1.53 bits per heavy atom. The van der Waals surface area contributed by atoms with E-state index >= 15 is 0 Å². The highest BCUT2D eigenvalue weighted by atomic mass is 32.1. The van der Waals surface area contributed by atoms with Gasteiger partial charge in [-0.25, -0.2) is 4.98 Å². The molecular formula is C12H13N3OS. The van der Waals surface area contributed by atoms with Gasteiger partial charge < -0.3 is 5.11 Å². The van der Waals surface area contributed by atoms with Gasteiger partial charge in [-0.15, -0.1) is 11.3 Å². The number of hydrogen-bond acceptors (Lipinski definition) is 4. The van der Waals surface area contributed by atoms with E-state index in [-0.39, 0.29) is 5.76 Å².